The van der Waals surface area contributed by atoms with Gasteiger partial charge in [0.25, 0.3) is 5.56 Å². The van der Waals surface area contributed by atoms with Crippen LogP contribution >= 0.6 is 0 Å². The van der Waals surface area contributed by atoms with Crippen LogP contribution < -0.4 is 10.5 Å². The fourth-order valence-electron chi connectivity index (χ4n) is 4.13. The Kier molecular flexibility index (Phi) is 7.91. The van der Waals surface area contributed by atoms with Gasteiger partial charge in [-0.15, -0.1) is 0 Å². The lowest BCUT2D eigenvalue weighted by molar-refractivity contribution is -0.129. The highest BCUT2D eigenvalue weighted by atomic mass is 19.1. The molecule has 1 fully saturated rings. The van der Waals surface area contributed by atoms with E-state index < -0.39 is 0 Å². The number of aromatic amines is 2. The first kappa shape index (κ1) is 24.6. The van der Waals surface area contributed by atoms with Crippen LogP contribution in [0.15, 0.2) is 35.1 Å². The number of halogens is 1. The van der Waals surface area contributed by atoms with Crippen molar-refractivity contribution < 1.29 is 13.9 Å². The lowest BCUT2D eigenvalue weighted by Gasteiger charge is -2.27. The maximum atomic E-state index is 13.1. The number of H-pyrrole nitrogens is 2. The Morgan fingerprint density at radius 3 is 2.66 bits per heavy atom. The molecular formula is C25H31FN6O3. The zero-order valence-corrected chi connectivity index (χ0v) is 20.1. The fraction of sp³-hybridized carbons (Fsp3) is 0.440. The number of hydrogen-bond donors (Lipinski definition) is 2. The van der Waals surface area contributed by atoms with Crippen molar-refractivity contribution in [3.8, 4) is 11.3 Å². The van der Waals surface area contributed by atoms with Gasteiger partial charge in [-0.1, -0.05) is 0 Å². The number of carbonyl (C=O) groups is 1. The minimum Gasteiger partial charge on any atom is -0.378 e. The molecule has 0 unspecified atom stereocenters. The van der Waals surface area contributed by atoms with Gasteiger partial charge in [0.1, 0.15) is 5.82 Å². The van der Waals surface area contributed by atoms with Crippen molar-refractivity contribution in [3.05, 3.63) is 63.5 Å². The summed E-state index contributed by atoms with van der Waals surface area (Å²) < 4.78 is 18.5. The number of morpholine rings is 1. The summed E-state index contributed by atoms with van der Waals surface area (Å²) in [4.78, 5) is 36.4. The van der Waals surface area contributed by atoms with Crippen molar-refractivity contribution in [1.82, 2.24) is 25.1 Å². The Bertz CT molecular complexity index is 1200. The third-order valence-corrected chi connectivity index (χ3v) is 6.25. The number of carbonyl (C=O) groups excluding carboxylic acids is 1. The number of aryl methyl sites for hydroxylation is 2. The number of nitrogens with zero attached hydrogens (tertiary/aromatic N) is 4. The molecular weight excluding hydrogens is 451 g/mol. The molecule has 3 aromatic rings. The molecule has 0 aliphatic carbocycles. The van der Waals surface area contributed by atoms with Crippen molar-refractivity contribution in [2.45, 2.75) is 32.6 Å². The van der Waals surface area contributed by atoms with Crippen LogP contribution in [0, 0.1) is 12.7 Å². The molecule has 186 valence electrons. The zero-order valence-electron chi connectivity index (χ0n) is 20.1. The predicted molar refractivity (Wildman–Crippen MR) is 131 cm³/mol. The molecule has 9 nitrogen and oxygen atoms in total. The third kappa shape index (κ3) is 6.33. The van der Waals surface area contributed by atoms with Crippen molar-refractivity contribution in [2.24, 2.45) is 0 Å². The molecule has 2 aromatic heterocycles. The minimum absolute atomic E-state index is 0.0160. The molecule has 1 aliphatic rings. The molecule has 1 amide bonds. The number of benzene rings is 1. The van der Waals surface area contributed by atoms with Gasteiger partial charge in [-0.3, -0.25) is 19.7 Å². The Balaban J connectivity index is 1.24. The van der Waals surface area contributed by atoms with Crippen molar-refractivity contribution in [1.29, 1.82) is 0 Å². The van der Waals surface area contributed by atoms with Crippen LogP contribution in [0.5, 0.6) is 0 Å². The van der Waals surface area contributed by atoms with E-state index >= 15 is 0 Å². The lowest BCUT2D eigenvalue weighted by atomic mass is 10.1. The van der Waals surface area contributed by atoms with Crippen LogP contribution in [-0.4, -0.2) is 70.9 Å². The first-order valence-electron chi connectivity index (χ1n) is 11.9. The highest BCUT2D eigenvalue weighted by molar-refractivity contribution is 5.76. The average Bonchev–Trinajstić information content (AvgIpc) is 3.33. The maximum absolute atomic E-state index is 13.1. The molecule has 1 aromatic carbocycles. The number of hydrogen-bond acceptors (Lipinski definition) is 6. The molecule has 4 rings (SSSR count). The molecule has 0 radical (unpaired) electrons. The van der Waals surface area contributed by atoms with Gasteiger partial charge in [-0.05, 0) is 56.5 Å². The van der Waals surface area contributed by atoms with Gasteiger partial charge in [0.2, 0.25) is 11.9 Å². The number of amides is 1. The summed E-state index contributed by atoms with van der Waals surface area (Å²) in [5.41, 5.74) is 3.58. The first-order valence-corrected chi connectivity index (χ1v) is 11.9. The van der Waals surface area contributed by atoms with E-state index in [2.05, 4.69) is 20.2 Å². The quantitative estimate of drug-likeness (QED) is 0.485. The number of ether oxygens (including phenoxy) is 1. The second-order valence-corrected chi connectivity index (χ2v) is 8.76. The van der Waals surface area contributed by atoms with Crippen molar-refractivity contribution in [2.75, 3.05) is 44.8 Å². The summed E-state index contributed by atoms with van der Waals surface area (Å²) in [5.74, 6) is 0.264. The molecule has 0 saturated carbocycles. The van der Waals surface area contributed by atoms with Crippen LogP contribution in [0.3, 0.4) is 0 Å². The fourth-order valence-corrected chi connectivity index (χ4v) is 4.13. The number of anilines is 1. The molecule has 3 heterocycles. The third-order valence-electron chi connectivity index (χ3n) is 6.25. The summed E-state index contributed by atoms with van der Waals surface area (Å²) >= 11 is 0. The number of nitrogens with one attached hydrogen (secondary N) is 2. The second kappa shape index (κ2) is 11.3. The van der Waals surface area contributed by atoms with E-state index in [1.807, 2.05) is 17.9 Å². The number of aromatic nitrogens is 4. The summed E-state index contributed by atoms with van der Waals surface area (Å²) in [6.45, 7) is 5.01. The van der Waals surface area contributed by atoms with Gasteiger partial charge in [-0.25, -0.2) is 9.37 Å². The molecule has 0 atom stereocenters. The molecule has 2 N–H and O–H groups in total. The van der Waals surface area contributed by atoms with Gasteiger partial charge in [0, 0.05) is 55.6 Å². The summed E-state index contributed by atoms with van der Waals surface area (Å²) in [6, 6.07) is 8.15. The molecule has 35 heavy (non-hydrogen) atoms. The summed E-state index contributed by atoms with van der Waals surface area (Å²) in [5, 5.41) is 7.30. The standard InChI is InChI=1S/C25H31FN6O3/c1-17-21(24(34)28-25(27-17)32-12-14-35-15-13-32)9-10-23(33)31(2)11-3-4-20-16-22(30-29-20)18-5-7-19(26)8-6-18/h5-8,16H,3-4,9-15H2,1-2H3,(H,29,30)(H,27,28,34). The summed E-state index contributed by atoms with van der Waals surface area (Å²) in [6.07, 6.45) is 2.10. The maximum Gasteiger partial charge on any atom is 0.255 e. The predicted octanol–water partition coefficient (Wildman–Crippen LogP) is 2.47. The van der Waals surface area contributed by atoms with Crippen LogP contribution in [0.4, 0.5) is 10.3 Å². The van der Waals surface area contributed by atoms with E-state index in [9.17, 15) is 14.0 Å². The van der Waals surface area contributed by atoms with E-state index in [1.54, 1.807) is 24.1 Å². The normalized spacial score (nSPS) is 13.7. The SMILES string of the molecule is Cc1nc(N2CCOCC2)[nH]c(=O)c1CCC(=O)N(C)CCCc1cc(-c2ccc(F)cc2)n[nH]1. The van der Waals surface area contributed by atoms with Gasteiger partial charge < -0.3 is 14.5 Å². The van der Waals surface area contributed by atoms with Crippen LogP contribution in [0.2, 0.25) is 0 Å². The molecule has 0 bridgehead atoms. The Morgan fingerprint density at radius 2 is 1.94 bits per heavy atom. The molecule has 10 heteroatoms. The highest BCUT2D eigenvalue weighted by Crippen LogP contribution is 2.18. The Morgan fingerprint density at radius 1 is 1.20 bits per heavy atom. The van der Waals surface area contributed by atoms with E-state index in [0.29, 0.717) is 56.5 Å². The van der Waals surface area contributed by atoms with Gasteiger partial charge in [-0.2, -0.15) is 5.10 Å². The summed E-state index contributed by atoms with van der Waals surface area (Å²) in [7, 11) is 1.77. The van der Waals surface area contributed by atoms with Crippen molar-refractivity contribution in [3.63, 3.8) is 0 Å². The topological polar surface area (TPSA) is 107 Å². The first-order chi connectivity index (χ1) is 16.9. The van der Waals surface area contributed by atoms with Crippen molar-refractivity contribution >= 4 is 11.9 Å². The molecule has 0 spiro atoms. The average molecular weight is 483 g/mol. The Hall–Kier alpha value is -3.53. The van der Waals surface area contributed by atoms with Gasteiger partial charge >= 0.3 is 0 Å². The van der Waals surface area contributed by atoms with E-state index in [1.165, 1.54) is 12.1 Å². The number of rotatable bonds is 9. The smallest absolute Gasteiger partial charge is 0.255 e. The molecule has 1 aliphatic heterocycles. The second-order valence-electron chi connectivity index (χ2n) is 8.76. The lowest BCUT2D eigenvalue weighted by Crippen LogP contribution is -2.38. The Labute approximate surface area is 203 Å². The largest absolute Gasteiger partial charge is 0.378 e. The van der Waals surface area contributed by atoms with Gasteiger partial charge in [0.15, 0.2) is 0 Å². The van der Waals surface area contributed by atoms with Crippen LogP contribution in [0.25, 0.3) is 11.3 Å². The van der Waals surface area contributed by atoms with E-state index in [-0.39, 0.29) is 23.7 Å². The van der Waals surface area contributed by atoms with Crippen LogP contribution in [-0.2, 0) is 22.4 Å². The minimum atomic E-state index is -0.279. The molecule has 1 saturated heterocycles. The van der Waals surface area contributed by atoms with E-state index in [0.717, 1.165) is 29.8 Å². The highest BCUT2D eigenvalue weighted by Gasteiger charge is 2.17. The van der Waals surface area contributed by atoms with Crippen LogP contribution in [0.1, 0.15) is 29.8 Å². The van der Waals surface area contributed by atoms with Gasteiger partial charge in [0.05, 0.1) is 18.9 Å². The van der Waals surface area contributed by atoms with E-state index in [4.69, 9.17) is 4.74 Å². The zero-order chi connectivity index (χ0) is 24.8. The monoisotopic (exact) mass is 482 g/mol.